The number of amides is 2. The molecule has 10 heteroatoms. The maximum Gasteiger partial charge on any atom is 0.253 e. The molecule has 1 aromatic carbocycles. The predicted molar refractivity (Wildman–Crippen MR) is 167 cm³/mol. The SMILES string of the molecule is COc1cccc(C(=O)N[C@H]2C[C@H]3CC[C@@H](C2)N3c2ccc(C(=O)NC(C)c3ccc(N4CCNCC4)nc3)cn2)c1C. The quantitative estimate of drug-likeness (QED) is 0.369. The van der Waals surface area contributed by atoms with E-state index in [2.05, 4.69) is 30.7 Å². The number of nitrogens with zero attached hydrogens (tertiary/aromatic N) is 4. The third-order valence-corrected chi connectivity index (χ3v) is 9.15. The first-order valence-electron chi connectivity index (χ1n) is 15.3. The third kappa shape index (κ3) is 6.15. The lowest BCUT2D eigenvalue weighted by molar-refractivity contribution is 0.0922. The number of piperidine rings is 1. The second-order valence-electron chi connectivity index (χ2n) is 11.9. The van der Waals surface area contributed by atoms with Gasteiger partial charge in [0.1, 0.15) is 17.4 Å². The van der Waals surface area contributed by atoms with Crippen LogP contribution >= 0.6 is 0 Å². The molecule has 10 nitrogen and oxygen atoms in total. The van der Waals surface area contributed by atoms with Gasteiger partial charge in [0.25, 0.3) is 11.8 Å². The number of hydrogen-bond acceptors (Lipinski definition) is 8. The van der Waals surface area contributed by atoms with Crippen LogP contribution in [0.1, 0.15) is 70.5 Å². The lowest BCUT2D eigenvalue weighted by Gasteiger charge is -2.40. The monoisotopic (exact) mass is 583 g/mol. The standard InChI is InChI=1S/C33H41N7O3/c1-21-28(5-4-6-29(21)43-3)33(42)38-25-17-26-9-10-27(18-25)40(26)31-12-8-24(20-36-31)32(41)37-22(2)23-7-11-30(35-19-23)39-15-13-34-14-16-39/h4-8,11-12,19-20,22,25-27,34H,9-10,13-18H2,1-3H3,(H,37,41)(H,38,42)/t22?,25-,26+,27-. The Kier molecular flexibility index (Phi) is 8.47. The second kappa shape index (κ2) is 12.6. The summed E-state index contributed by atoms with van der Waals surface area (Å²) in [6, 6.07) is 14.0. The summed E-state index contributed by atoms with van der Waals surface area (Å²) in [6.45, 7) is 7.70. The summed E-state index contributed by atoms with van der Waals surface area (Å²) in [7, 11) is 1.62. The zero-order valence-electron chi connectivity index (χ0n) is 25.2. The Bertz CT molecular complexity index is 1430. The fraction of sp³-hybridized carbons (Fsp3) is 0.455. The van der Waals surface area contributed by atoms with Gasteiger partial charge in [0, 0.05) is 67.8 Å². The first-order valence-corrected chi connectivity index (χ1v) is 15.3. The van der Waals surface area contributed by atoms with E-state index >= 15 is 0 Å². The molecule has 0 spiro atoms. The van der Waals surface area contributed by atoms with Crippen molar-refractivity contribution >= 4 is 23.5 Å². The molecule has 2 amide bonds. The van der Waals surface area contributed by atoms with Crippen molar-refractivity contribution in [1.29, 1.82) is 0 Å². The molecule has 1 unspecified atom stereocenters. The Balaban J connectivity index is 1.04. The second-order valence-corrected chi connectivity index (χ2v) is 11.9. The average Bonchev–Trinajstić information content (AvgIpc) is 3.31. The summed E-state index contributed by atoms with van der Waals surface area (Å²) in [6.07, 6.45) is 7.39. The number of anilines is 2. The largest absolute Gasteiger partial charge is 0.496 e. The van der Waals surface area contributed by atoms with Crippen molar-refractivity contribution in [3.63, 3.8) is 0 Å². The topological polar surface area (TPSA) is 112 Å². The Labute approximate surface area is 253 Å². The molecule has 5 heterocycles. The molecule has 2 bridgehead atoms. The normalized spacial score (nSPS) is 22.2. The number of methoxy groups -OCH3 is 1. The average molecular weight is 584 g/mol. The molecule has 3 fully saturated rings. The molecule has 6 rings (SSSR count). The Morgan fingerprint density at radius 3 is 2.33 bits per heavy atom. The first-order chi connectivity index (χ1) is 20.9. The minimum Gasteiger partial charge on any atom is -0.496 e. The van der Waals surface area contributed by atoms with Crippen molar-refractivity contribution in [2.75, 3.05) is 43.1 Å². The van der Waals surface area contributed by atoms with Crippen LogP contribution in [0.5, 0.6) is 5.75 Å². The van der Waals surface area contributed by atoms with Crippen LogP contribution in [-0.2, 0) is 0 Å². The third-order valence-electron chi connectivity index (χ3n) is 9.15. The molecule has 43 heavy (non-hydrogen) atoms. The van der Waals surface area contributed by atoms with E-state index in [4.69, 9.17) is 9.72 Å². The van der Waals surface area contributed by atoms with Gasteiger partial charge in [-0.15, -0.1) is 0 Å². The van der Waals surface area contributed by atoms with Crippen molar-refractivity contribution in [3.8, 4) is 5.75 Å². The minimum absolute atomic E-state index is 0.0526. The molecule has 2 aromatic heterocycles. The Morgan fingerprint density at radius 2 is 1.67 bits per heavy atom. The molecule has 226 valence electrons. The van der Waals surface area contributed by atoms with Crippen molar-refractivity contribution in [1.82, 2.24) is 25.9 Å². The number of nitrogens with one attached hydrogen (secondary N) is 3. The number of aromatic nitrogens is 2. The lowest BCUT2D eigenvalue weighted by Crippen LogP contribution is -2.50. The molecule has 3 N–H and O–H groups in total. The van der Waals surface area contributed by atoms with E-state index in [1.165, 1.54) is 0 Å². The highest BCUT2D eigenvalue weighted by Gasteiger charge is 2.42. The van der Waals surface area contributed by atoms with Crippen LogP contribution in [0.25, 0.3) is 0 Å². The smallest absolute Gasteiger partial charge is 0.253 e. The number of pyridine rings is 2. The predicted octanol–water partition coefficient (Wildman–Crippen LogP) is 3.62. The summed E-state index contributed by atoms with van der Waals surface area (Å²) in [4.78, 5) is 40.1. The summed E-state index contributed by atoms with van der Waals surface area (Å²) in [5.74, 6) is 2.37. The van der Waals surface area contributed by atoms with Gasteiger partial charge in [-0.3, -0.25) is 9.59 Å². The Morgan fingerprint density at radius 1 is 0.953 bits per heavy atom. The highest BCUT2D eigenvalue weighted by atomic mass is 16.5. The molecule has 0 aliphatic carbocycles. The van der Waals surface area contributed by atoms with E-state index in [1.807, 2.05) is 62.5 Å². The van der Waals surface area contributed by atoms with Gasteiger partial charge >= 0.3 is 0 Å². The van der Waals surface area contributed by atoms with E-state index < -0.39 is 0 Å². The van der Waals surface area contributed by atoms with Crippen LogP contribution in [0.2, 0.25) is 0 Å². The van der Waals surface area contributed by atoms with Crippen molar-refractivity contribution in [2.45, 2.75) is 63.7 Å². The number of ether oxygens (including phenoxy) is 1. The van der Waals surface area contributed by atoms with E-state index in [0.717, 1.165) is 80.4 Å². The fourth-order valence-electron chi connectivity index (χ4n) is 6.78. The van der Waals surface area contributed by atoms with E-state index in [1.54, 1.807) is 13.3 Å². The molecule has 3 saturated heterocycles. The molecular weight excluding hydrogens is 542 g/mol. The zero-order valence-corrected chi connectivity index (χ0v) is 25.2. The van der Waals surface area contributed by atoms with Gasteiger partial charge in [0.15, 0.2) is 0 Å². The highest BCUT2D eigenvalue weighted by molar-refractivity contribution is 5.96. The van der Waals surface area contributed by atoms with Crippen LogP contribution < -0.4 is 30.5 Å². The number of benzene rings is 1. The van der Waals surface area contributed by atoms with Crippen molar-refractivity contribution in [3.05, 3.63) is 77.1 Å². The Hall–Kier alpha value is -4.18. The van der Waals surface area contributed by atoms with Gasteiger partial charge in [0.05, 0.1) is 18.7 Å². The number of rotatable bonds is 8. The summed E-state index contributed by atoms with van der Waals surface area (Å²) in [5, 5.41) is 9.71. The van der Waals surface area contributed by atoms with Crippen LogP contribution in [0.3, 0.4) is 0 Å². The molecular formula is C33H41N7O3. The summed E-state index contributed by atoms with van der Waals surface area (Å²) in [5.41, 5.74) is 3.00. The van der Waals surface area contributed by atoms with E-state index in [0.29, 0.717) is 23.2 Å². The van der Waals surface area contributed by atoms with E-state index in [9.17, 15) is 9.59 Å². The van der Waals surface area contributed by atoms with Crippen LogP contribution in [0.4, 0.5) is 11.6 Å². The molecule has 0 saturated carbocycles. The van der Waals surface area contributed by atoms with Crippen LogP contribution in [0.15, 0.2) is 54.9 Å². The minimum atomic E-state index is -0.178. The van der Waals surface area contributed by atoms with Crippen LogP contribution in [0, 0.1) is 6.92 Å². The maximum atomic E-state index is 13.1. The number of carbonyl (C=O) groups excluding carboxylic acids is 2. The number of piperazine rings is 1. The van der Waals surface area contributed by atoms with Crippen molar-refractivity contribution < 1.29 is 14.3 Å². The molecule has 0 radical (unpaired) electrons. The van der Waals surface area contributed by atoms with E-state index in [-0.39, 0.29) is 23.9 Å². The summed E-state index contributed by atoms with van der Waals surface area (Å²) < 4.78 is 5.39. The number of carbonyl (C=O) groups is 2. The molecule has 4 atom stereocenters. The van der Waals surface area contributed by atoms with Gasteiger partial charge in [-0.2, -0.15) is 0 Å². The molecule has 3 aromatic rings. The lowest BCUT2D eigenvalue weighted by atomic mass is 9.96. The number of fused-ring (bicyclic) bond motifs is 2. The van der Waals surface area contributed by atoms with Gasteiger partial charge in [-0.05, 0) is 75.4 Å². The van der Waals surface area contributed by atoms with Gasteiger partial charge in [-0.1, -0.05) is 12.1 Å². The van der Waals surface area contributed by atoms with Crippen molar-refractivity contribution in [2.24, 2.45) is 0 Å². The maximum absolute atomic E-state index is 13.1. The van der Waals surface area contributed by atoms with Gasteiger partial charge in [-0.25, -0.2) is 9.97 Å². The highest BCUT2D eigenvalue weighted by Crippen LogP contribution is 2.38. The molecule has 3 aliphatic rings. The summed E-state index contributed by atoms with van der Waals surface area (Å²) >= 11 is 0. The zero-order chi connectivity index (χ0) is 29.9. The van der Waals surface area contributed by atoms with Gasteiger partial charge < -0.3 is 30.5 Å². The first kappa shape index (κ1) is 28.9. The van der Waals surface area contributed by atoms with Crippen LogP contribution in [-0.4, -0.2) is 73.2 Å². The molecule has 3 aliphatic heterocycles. The van der Waals surface area contributed by atoms with Gasteiger partial charge in [0.2, 0.25) is 0 Å². The number of hydrogen-bond donors (Lipinski definition) is 3. The fourth-order valence-corrected chi connectivity index (χ4v) is 6.78.